The van der Waals surface area contributed by atoms with Crippen LogP contribution in [0.15, 0.2) is 60.7 Å². The van der Waals surface area contributed by atoms with E-state index in [9.17, 15) is 4.79 Å². The Balaban J connectivity index is 1.38. The van der Waals surface area contributed by atoms with Crippen LogP contribution in [0, 0.1) is 0 Å². The summed E-state index contributed by atoms with van der Waals surface area (Å²) in [6.07, 6.45) is 0. The first kappa shape index (κ1) is 15.7. The number of thiophene rings is 1. The Morgan fingerprint density at radius 3 is 2.72 bits per heavy atom. The Kier molecular flexibility index (Phi) is 4.39. The lowest BCUT2D eigenvalue weighted by Gasteiger charge is -2.16. The molecule has 0 aliphatic carbocycles. The van der Waals surface area contributed by atoms with E-state index in [0.717, 1.165) is 27.5 Å². The molecule has 1 aliphatic rings. The van der Waals surface area contributed by atoms with Crippen LogP contribution in [-0.4, -0.2) is 19.2 Å². The van der Waals surface area contributed by atoms with Gasteiger partial charge in [-0.2, -0.15) is 0 Å². The summed E-state index contributed by atoms with van der Waals surface area (Å²) in [5.41, 5.74) is 2.05. The van der Waals surface area contributed by atoms with E-state index >= 15 is 0 Å². The summed E-state index contributed by atoms with van der Waals surface area (Å²) >= 11 is 1.45. The number of hydrogen-bond donors (Lipinski definition) is 0. The van der Waals surface area contributed by atoms with Crippen molar-refractivity contribution in [3.05, 3.63) is 71.1 Å². The van der Waals surface area contributed by atoms with Crippen LogP contribution < -0.4 is 9.47 Å². The fourth-order valence-electron chi connectivity index (χ4n) is 2.68. The van der Waals surface area contributed by atoms with Gasteiger partial charge in [0.1, 0.15) is 36.2 Å². The molecule has 0 spiro atoms. The van der Waals surface area contributed by atoms with Gasteiger partial charge in [0.2, 0.25) is 0 Å². The maximum atomic E-state index is 12.3. The highest BCUT2D eigenvalue weighted by molar-refractivity contribution is 7.17. The molecule has 4 rings (SSSR count). The number of para-hydroxylation sites is 2. The van der Waals surface area contributed by atoms with E-state index < -0.39 is 0 Å². The summed E-state index contributed by atoms with van der Waals surface area (Å²) in [6.45, 7) is 1.02. The Bertz CT molecular complexity index is 886. The van der Waals surface area contributed by atoms with Crippen molar-refractivity contribution in [3.63, 3.8) is 0 Å². The number of esters is 1. The van der Waals surface area contributed by atoms with Gasteiger partial charge < -0.3 is 14.2 Å². The molecule has 0 saturated heterocycles. The van der Waals surface area contributed by atoms with Crippen molar-refractivity contribution < 1.29 is 19.0 Å². The average molecular weight is 352 g/mol. The molecule has 0 amide bonds. The van der Waals surface area contributed by atoms with Crippen molar-refractivity contribution in [3.8, 4) is 21.9 Å². The summed E-state index contributed by atoms with van der Waals surface area (Å²) in [5, 5.41) is 0. The highest BCUT2D eigenvalue weighted by Crippen LogP contribution is 2.42. The molecule has 0 atom stereocenters. The molecule has 1 aromatic heterocycles. The summed E-state index contributed by atoms with van der Waals surface area (Å²) in [6, 6.07) is 19.2. The first-order valence-corrected chi connectivity index (χ1v) is 8.83. The van der Waals surface area contributed by atoms with Gasteiger partial charge in [-0.1, -0.05) is 30.3 Å². The lowest BCUT2D eigenvalue weighted by molar-refractivity contribution is 0.0456. The van der Waals surface area contributed by atoms with Gasteiger partial charge in [-0.3, -0.25) is 0 Å². The minimum Gasteiger partial charge on any atom is -0.490 e. The van der Waals surface area contributed by atoms with E-state index in [4.69, 9.17) is 14.2 Å². The molecule has 0 unspecified atom stereocenters. The van der Waals surface area contributed by atoms with Crippen LogP contribution in [0.4, 0.5) is 0 Å². The number of carbonyl (C=O) groups is 1. The van der Waals surface area contributed by atoms with E-state index in [1.807, 2.05) is 60.7 Å². The Hall–Kier alpha value is -2.79. The molecule has 2 heterocycles. The second-order valence-corrected chi connectivity index (χ2v) is 6.60. The Labute approximate surface area is 149 Å². The zero-order valence-electron chi connectivity index (χ0n) is 13.4. The van der Waals surface area contributed by atoms with Gasteiger partial charge in [-0.25, -0.2) is 4.79 Å². The van der Waals surface area contributed by atoms with Crippen LogP contribution in [0.1, 0.15) is 15.2 Å². The molecule has 1 aliphatic heterocycles. The van der Waals surface area contributed by atoms with E-state index in [1.54, 1.807) is 0 Å². The molecular weight excluding hydrogens is 336 g/mol. The summed E-state index contributed by atoms with van der Waals surface area (Å²) < 4.78 is 16.6. The summed E-state index contributed by atoms with van der Waals surface area (Å²) in [4.78, 5) is 13.9. The zero-order valence-corrected chi connectivity index (χ0v) is 14.3. The predicted octanol–water partition coefficient (Wildman–Crippen LogP) is 4.54. The topological polar surface area (TPSA) is 44.8 Å². The highest BCUT2D eigenvalue weighted by atomic mass is 32.1. The molecule has 3 aromatic rings. The molecule has 2 aromatic carbocycles. The molecule has 0 bridgehead atoms. The van der Waals surface area contributed by atoms with E-state index in [0.29, 0.717) is 18.1 Å². The molecule has 0 saturated carbocycles. The van der Waals surface area contributed by atoms with Gasteiger partial charge in [0, 0.05) is 16.0 Å². The molecular formula is C20H16O4S. The molecule has 0 N–H and O–H groups in total. The van der Waals surface area contributed by atoms with Gasteiger partial charge in [0.15, 0.2) is 0 Å². The number of ether oxygens (including phenoxy) is 3. The number of carbonyl (C=O) groups excluding carboxylic acids is 1. The van der Waals surface area contributed by atoms with Gasteiger partial charge >= 0.3 is 5.97 Å². The maximum absolute atomic E-state index is 12.3. The van der Waals surface area contributed by atoms with Crippen molar-refractivity contribution in [1.82, 2.24) is 0 Å². The van der Waals surface area contributed by atoms with Crippen LogP contribution in [-0.2, 0) is 11.3 Å². The summed E-state index contributed by atoms with van der Waals surface area (Å²) in [5.74, 6) is 1.29. The normalized spacial score (nSPS) is 11.8. The van der Waals surface area contributed by atoms with Crippen molar-refractivity contribution >= 4 is 17.3 Å². The minimum atomic E-state index is -0.325. The third kappa shape index (κ3) is 3.37. The predicted molar refractivity (Wildman–Crippen MR) is 96.3 cm³/mol. The van der Waals surface area contributed by atoms with Gasteiger partial charge in [-0.15, -0.1) is 11.3 Å². The van der Waals surface area contributed by atoms with Crippen LogP contribution in [0.5, 0.6) is 11.5 Å². The SMILES string of the molecule is O=C(OCCOc1ccccc1)c1cc2c(s1)-c1ccccc1OC2. The molecule has 126 valence electrons. The minimum absolute atomic E-state index is 0.212. The molecule has 25 heavy (non-hydrogen) atoms. The quantitative estimate of drug-likeness (QED) is 0.499. The van der Waals surface area contributed by atoms with Crippen LogP contribution >= 0.6 is 11.3 Å². The molecule has 4 nitrogen and oxygen atoms in total. The van der Waals surface area contributed by atoms with E-state index in [2.05, 4.69) is 0 Å². The van der Waals surface area contributed by atoms with Crippen molar-refractivity contribution in [1.29, 1.82) is 0 Å². The fraction of sp³-hybridized carbons (Fsp3) is 0.150. The third-order valence-electron chi connectivity index (χ3n) is 3.85. The van der Waals surface area contributed by atoms with Crippen molar-refractivity contribution in [2.24, 2.45) is 0 Å². The third-order valence-corrected chi connectivity index (χ3v) is 5.04. The standard InChI is InChI=1S/C20H16O4S/c21-20(23-11-10-22-15-6-2-1-3-7-15)18-12-14-13-24-17-9-5-4-8-16(17)19(14)25-18/h1-9,12H,10-11,13H2. The average Bonchev–Trinajstić information content (AvgIpc) is 3.11. The lowest BCUT2D eigenvalue weighted by Crippen LogP contribution is -2.11. The number of benzene rings is 2. The van der Waals surface area contributed by atoms with Crippen LogP contribution in [0.25, 0.3) is 10.4 Å². The fourth-order valence-corrected chi connectivity index (χ4v) is 3.77. The zero-order chi connectivity index (χ0) is 17.1. The first-order valence-electron chi connectivity index (χ1n) is 8.01. The van der Waals surface area contributed by atoms with Crippen LogP contribution in [0.2, 0.25) is 0 Å². The lowest BCUT2D eigenvalue weighted by atomic mass is 10.1. The Morgan fingerprint density at radius 2 is 1.84 bits per heavy atom. The second kappa shape index (κ2) is 6.99. The number of hydrogen-bond acceptors (Lipinski definition) is 5. The molecule has 0 fully saturated rings. The number of rotatable bonds is 5. The molecule has 5 heteroatoms. The first-order chi connectivity index (χ1) is 12.3. The monoisotopic (exact) mass is 352 g/mol. The molecule has 0 radical (unpaired) electrons. The second-order valence-electron chi connectivity index (χ2n) is 5.55. The largest absolute Gasteiger partial charge is 0.490 e. The van der Waals surface area contributed by atoms with Gasteiger partial charge in [0.25, 0.3) is 0 Å². The highest BCUT2D eigenvalue weighted by Gasteiger charge is 2.22. The Morgan fingerprint density at radius 1 is 1.04 bits per heavy atom. The maximum Gasteiger partial charge on any atom is 0.348 e. The van der Waals surface area contributed by atoms with Crippen molar-refractivity contribution in [2.45, 2.75) is 6.61 Å². The number of fused-ring (bicyclic) bond motifs is 3. The smallest absolute Gasteiger partial charge is 0.348 e. The summed E-state index contributed by atoms with van der Waals surface area (Å²) in [7, 11) is 0. The van der Waals surface area contributed by atoms with Gasteiger partial charge in [0.05, 0.1) is 0 Å². The van der Waals surface area contributed by atoms with Gasteiger partial charge in [-0.05, 0) is 30.3 Å². The van der Waals surface area contributed by atoms with E-state index in [-0.39, 0.29) is 12.6 Å². The van der Waals surface area contributed by atoms with E-state index in [1.165, 1.54) is 11.3 Å². The van der Waals surface area contributed by atoms with Crippen LogP contribution in [0.3, 0.4) is 0 Å². The van der Waals surface area contributed by atoms with Crippen molar-refractivity contribution in [2.75, 3.05) is 13.2 Å².